The van der Waals surface area contributed by atoms with Gasteiger partial charge in [-0.1, -0.05) is 0 Å². The molecule has 0 aliphatic carbocycles. The third-order valence-corrected chi connectivity index (χ3v) is 5.37. The third kappa shape index (κ3) is 5.90. The number of rotatable bonds is 7. The lowest BCUT2D eigenvalue weighted by Gasteiger charge is -2.25. The summed E-state index contributed by atoms with van der Waals surface area (Å²) in [6.07, 6.45) is -3.31. The van der Waals surface area contributed by atoms with Gasteiger partial charge in [-0.3, -0.25) is 9.78 Å². The number of H-pyrrole nitrogens is 1. The molecule has 3 rings (SSSR count). The van der Waals surface area contributed by atoms with E-state index in [9.17, 15) is 23.1 Å². The van der Waals surface area contributed by atoms with E-state index in [0.29, 0.717) is 22.8 Å². The van der Waals surface area contributed by atoms with Crippen LogP contribution >= 0.6 is 11.3 Å². The van der Waals surface area contributed by atoms with Gasteiger partial charge in [-0.2, -0.15) is 13.2 Å². The predicted molar refractivity (Wildman–Crippen MR) is 110 cm³/mol. The van der Waals surface area contributed by atoms with Gasteiger partial charge < -0.3 is 21.1 Å². The molecule has 7 nitrogen and oxygen atoms in total. The molecule has 1 amide bonds. The molecule has 0 aliphatic rings. The number of amides is 1. The number of alkyl halides is 3. The molecule has 3 aromatic heterocycles. The molecule has 0 spiro atoms. The van der Waals surface area contributed by atoms with Crippen LogP contribution in [0.1, 0.15) is 53.1 Å². The number of pyridine rings is 1. The number of hydrogen-bond donors (Lipinski definition) is 4. The Hall–Kier alpha value is -2.76. The number of nitrogens with zero attached hydrogens (tertiary/aromatic N) is 2. The average molecular weight is 453 g/mol. The Morgan fingerprint density at radius 3 is 2.58 bits per heavy atom. The van der Waals surface area contributed by atoms with Gasteiger partial charge in [0.15, 0.2) is 0 Å². The van der Waals surface area contributed by atoms with Gasteiger partial charge in [-0.05, 0) is 44.5 Å². The van der Waals surface area contributed by atoms with Crippen molar-refractivity contribution in [2.24, 2.45) is 5.73 Å². The fourth-order valence-electron chi connectivity index (χ4n) is 2.92. The minimum atomic E-state index is -4.47. The van der Waals surface area contributed by atoms with Crippen molar-refractivity contribution in [2.75, 3.05) is 0 Å². The molecule has 3 aromatic rings. The lowest BCUT2D eigenvalue weighted by molar-refractivity contribution is -0.137. The van der Waals surface area contributed by atoms with E-state index in [1.807, 2.05) is 13.8 Å². The second kappa shape index (κ2) is 8.77. The summed E-state index contributed by atoms with van der Waals surface area (Å²) in [5, 5.41) is 14.5. The summed E-state index contributed by atoms with van der Waals surface area (Å²) in [7, 11) is 0. The number of carbonyl (C=O) groups is 1. The van der Waals surface area contributed by atoms with Gasteiger partial charge in [0, 0.05) is 17.1 Å². The molecule has 3 heterocycles. The molecule has 11 heteroatoms. The van der Waals surface area contributed by atoms with E-state index in [1.54, 1.807) is 11.4 Å². The monoisotopic (exact) mass is 453 g/mol. The quantitative estimate of drug-likeness (QED) is 0.436. The summed E-state index contributed by atoms with van der Waals surface area (Å²) in [4.78, 5) is 23.8. The minimum Gasteiger partial charge on any atom is -0.390 e. The number of nitrogens with two attached hydrogens (primary N) is 1. The lowest BCUT2D eigenvalue weighted by atomic mass is 9.96. The molecule has 0 aromatic carbocycles. The molecule has 1 atom stereocenters. The van der Waals surface area contributed by atoms with E-state index in [2.05, 4.69) is 20.3 Å². The SMILES string of the molecule is CC(C)(N)CC(NC(=O)c1ccc(-c2ccc(C(F)(F)F)cn2)[nH]1)c1nc(CO)cs1. The number of thiazole rings is 1. The first-order chi connectivity index (χ1) is 14.5. The van der Waals surface area contributed by atoms with E-state index in [4.69, 9.17) is 5.73 Å². The molecule has 0 bridgehead atoms. The van der Waals surface area contributed by atoms with Crippen molar-refractivity contribution in [1.82, 2.24) is 20.3 Å². The van der Waals surface area contributed by atoms with Gasteiger partial charge in [0.05, 0.1) is 35.3 Å². The summed E-state index contributed by atoms with van der Waals surface area (Å²) in [6, 6.07) is 4.79. The van der Waals surface area contributed by atoms with Crippen LogP contribution in [-0.2, 0) is 12.8 Å². The van der Waals surface area contributed by atoms with Crippen LogP contribution in [0, 0.1) is 0 Å². The molecular weight excluding hydrogens is 431 g/mol. The van der Waals surface area contributed by atoms with Crippen LogP contribution in [0.2, 0.25) is 0 Å². The number of carbonyl (C=O) groups excluding carboxylic acids is 1. The Morgan fingerprint density at radius 2 is 2.03 bits per heavy atom. The smallest absolute Gasteiger partial charge is 0.390 e. The van der Waals surface area contributed by atoms with Crippen molar-refractivity contribution in [3.63, 3.8) is 0 Å². The number of halogens is 3. The van der Waals surface area contributed by atoms with Crippen molar-refractivity contribution in [1.29, 1.82) is 0 Å². The van der Waals surface area contributed by atoms with Crippen LogP contribution in [0.4, 0.5) is 13.2 Å². The third-order valence-electron chi connectivity index (χ3n) is 4.36. The molecule has 0 radical (unpaired) electrons. The molecule has 0 saturated carbocycles. The van der Waals surface area contributed by atoms with Crippen LogP contribution in [0.15, 0.2) is 35.8 Å². The predicted octanol–water partition coefficient (Wildman–Crippen LogP) is 3.64. The Kier molecular flexibility index (Phi) is 6.48. The van der Waals surface area contributed by atoms with E-state index < -0.39 is 29.2 Å². The highest BCUT2D eigenvalue weighted by Crippen LogP contribution is 2.30. The second-order valence-electron chi connectivity index (χ2n) is 7.77. The lowest BCUT2D eigenvalue weighted by Crippen LogP contribution is -2.39. The van der Waals surface area contributed by atoms with E-state index in [0.717, 1.165) is 12.3 Å². The normalized spacial score (nSPS) is 13.3. The van der Waals surface area contributed by atoms with Crippen molar-refractivity contribution in [3.05, 3.63) is 57.8 Å². The minimum absolute atomic E-state index is 0.205. The fraction of sp³-hybridized carbons (Fsp3) is 0.350. The first-order valence-corrected chi connectivity index (χ1v) is 10.2. The molecule has 31 heavy (non-hydrogen) atoms. The van der Waals surface area contributed by atoms with Crippen molar-refractivity contribution in [2.45, 2.75) is 44.6 Å². The number of aliphatic hydroxyl groups is 1. The molecule has 0 fully saturated rings. The summed E-state index contributed by atoms with van der Waals surface area (Å²) < 4.78 is 38.1. The Bertz CT molecular complexity index is 1040. The zero-order chi connectivity index (χ0) is 22.8. The standard InChI is InChI=1S/C20H22F3N5O2S/c1-19(2,24)7-16(18-26-12(9-29)10-31-18)28-17(30)15-6-5-14(27-15)13-4-3-11(8-25-13)20(21,22)23/h3-6,8,10,16,27,29H,7,9,24H2,1-2H3,(H,28,30). The van der Waals surface area contributed by atoms with E-state index >= 15 is 0 Å². The van der Waals surface area contributed by atoms with E-state index in [-0.39, 0.29) is 18.0 Å². The molecule has 5 N–H and O–H groups in total. The van der Waals surface area contributed by atoms with Gasteiger partial charge in [0.1, 0.15) is 10.7 Å². The van der Waals surface area contributed by atoms with Crippen LogP contribution < -0.4 is 11.1 Å². The summed E-state index contributed by atoms with van der Waals surface area (Å²) >= 11 is 1.31. The maximum Gasteiger partial charge on any atom is 0.417 e. The summed E-state index contributed by atoms with van der Waals surface area (Å²) in [6.45, 7) is 3.45. The molecular formula is C20H22F3N5O2S. The number of aromatic amines is 1. The number of aliphatic hydroxyl groups excluding tert-OH is 1. The van der Waals surface area contributed by atoms with Crippen molar-refractivity contribution in [3.8, 4) is 11.4 Å². The zero-order valence-electron chi connectivity index (χ0n) is 16.8. The maximum absolute atomic E-state index is 12.8. The zero-order valence-corrected chi connectivity index (χ0v) is 17.6. The average Bonchev–Trinajstić information content (AvgIpc) is 3.35. The highest BCUT2D eigenvalue weighted by atomic mass is 32.1. The Labute approximate surface area is 180 Å². The van der Waals surface area contributed by atoms with Crippen LogP contribution in [0.5, 0.6) is 0 Å². The molecule has 0 saturated heterocycles. The first-order valence-electron chi connectivity index (χ1n) is 9.34. The highest BCUT2D eigenvalue weighted by Gasteiger charge is 2.31. The van der Waals surface area contributed by atoms with Gasteiger partial charge >= 0.3 is 6.18 Å². The van der Waals surface area contributed by atoms with Crippen molar-refractivity contribution < 1.29 is 23.1 Å². The highest BCUT2D eigenvalue weighted by molar-refractivity contribution is 7.09. The van der Waals surface area contributed by atoms with Gasteiger partial charge in [-0.15, -0.1) is 11.3 Å². The topological polar surface area (TPSA) is 117 Å². The van der Waals surface area contributed by atoms with Crippen molar-refractivity contribution >= 4 is 17.2 Å². The Morgan fingerprint density at radius 1 is 1.29 bits per heavy atom. The molecule has 166 valence electrons. The van der Waals surface area contributed by atoms with Gasteiger partial charge in [0.2, 0.25) is 0 Å². The number of nitrogens with one attached hydrogen (secondary N) is 2. The first kappa shape index (κ1) is 22.9. The fourth-order valence-corrected chi connectivity index (χ4v) is 3.78. The van der Waals surface area contributed by atoms with Crippen LogP contribution in [0.3, 0.4) is 0 Å². The van der Waals surface area contributed by atoms with Crippen LogP contribution in [0.25, 0.3) is 11.4 Å². The summed E-state index contributed by atoms with van der Waals surface area (Å²) in [5.74, 6) is -0.423. The summed E-state index contributed by atoms with van der Waals surface area (Å²) in [5.41, 5.74) is 6.10. The Balaban J connectivity index is 1.78. The van der Waals surface area contributed by atoms with E-state index in [1.165, 1.54) is 23.5 Å². The molecule has 0 aliphatic heterocycles. The largest absolute Gasteiger partial charge is 0.417 e. The second-order valence-corrected chi connectivity index (χ2v) is 8.66. The molecule has 1 unspecified atom stereocenters. The van der Waals surface area contributed by atoms with Crippen LogP contribution in [-0.4, -0.2) is 31.5 Å². The van der Waals surface area contributed by atoms with Gasteiger partial charge in [-0.25, -0.2) is 4.98 Å². The number of aromatic nitrogens is 3. The maximum atomic E-state index is 12.8. The number of hydrogen-bond acceptors (Lipinski definition) is 6. The van der Waals surface area contributed by atoms with Gasteiger partial charge in [0.25, 0.3) is 5.91 Å².